The van der Waals surface area contributed by atoms with Gasteiger partial charge in [-0.15, -0.1) is 0 Å². The van der Waals surface area contributed by atoms with E-state index in [2.05, 4.69) is 9.36 Å². The van der Waals surface area contributed by atoms with E-state index in [0.29, 0.717) is 22.9 Å². The summed E-state index contributed by atoms with van der Waals surface area (Å²) < 4.78 is 34.7. The van der Waals surface area contributed by atoms with Gasteiger partial charge in [0.25, 0.3) is 0 Å². The quantitative estimate of drug-likeness (QED) is 0.505. The molecule has 3 aromatic rings. The minimum Gasteiger partial charge on any atom is -0.486 e. The molecule has 0 aliphatic carbocycles. The number of aromatic nitrogens is 2. The molecule has 1 unspecified atom stereocenters. The van der Waals surface area contributed by atoms with Crippen molar-refractivity contribution in [1.82, 2.24) is 14.3 Å². The lowest BCUT2D eigenvalue weighted by Crippen LogP contribution is -2.13. The normalized spacial score (nSPS) is 12.0. The van der Waals surface area contributed by atoms with E-state index < -0.39 is 17.9 Å². The lowest BCUT2D eigenvalue weighted by atomic mass is 10.0. The number of hydrogen-bond donors (Lipinski definition) is 1. The summed E-state index contributed by atoms with van der Waals surface area (Å²) in [5, 5.41) is 0.644. The summed E-state index contributed by atoms with van der Waals surface area (Å²) in [6.07, 6.45) is 0.920. The number of nitrogens with zero attached hydrogens (tertiary/aromatic N) is 3. The van der Waals surface area contributed by atoms with Crippen LogP contribution in [0.4, 0.5) is 10.2 Å². The fraction of sp³-hybridized carbons (Fsp3) is 0.318. The number of nitrogen functional groups attached to an aromatic ring is 1. The van der Waals surface area contributed by atoms with Crippen LogP contribution < -0.4 is 15.2 Å². The summed E-state index contributed by atoms with van der Waals surface area (Å²) in [5.41, 5.74) is 8.96. The second-order valence-corrected chi connectivity index (χ2v) is 8.06. The fourth-order valence-corrected chi connectivity index (χ4v) is 3.99. The lowest BCUT2D eigenvalue weighted by Gasteiger charge is -2.19. The highest BCUT2D eigenvalue weighted by molar-refractivity contribution is 7.08. The molecule has 2 aromatic heterocycles. The van der Waals surface area contributed by atoms with Crippen LogP contribution in [0, 0.1) is 5.82 Å². The van der Waals surface area contributed by atoms with E-state index in [1.165, 1.54) is 36.8 Å². The Bertz CT molecular complexity index is 1120. The van der Waals surface area contributed by atoms with Crippen molar-refractivity contribution in [1.29, 1.82) is 0 Å². The molecule has 0 aliphatic heterocycles. The number of anilines is 1. The fourth-order valence-electron chi connectivity index (χ4n) is 3.24. The Hall–Kier alpha value is -3.24. The van der Waals surface area contributed by atoms with Gasteiger partial charge in [-0.25, -0.2) is 14.2 Å². The largest absolute Gasteiger partial charge is 0.486 e. The molecule has 3 rings (SSSR count). The van der Waals surface area contributed by atoms with Gasteiger partial charge in [-0.1, -0.05) is 0 Å². The molecule has 8 nitrogen and oxygen atoms in total. The number of halogens is 1. The lowest BCUT2D eigenvalue weighted by molar-refractivity contribution is 0.0595. The third-order valence-electron chi connectivity index (χ3n) is 4.71. The standard InChI is InChI=1S/C22H25FN4O4S/c1-12(16-9-14(23)6-7-15(16)21(28)29-4)31-18-8-13(10-25-20(18)24)19-17(11-27(2)3)26-32-22(19)30-5/h6-10,12H,11H2,1-5H3,(H2,24,25). The van der Waals surface area contributed by atoms with E-state index in [1.54, 1.807) is 26.3 Å². The molecule has 2 heterocycles. The zero-order valence-corrected chi connectivity index (χ0v) is 19.3. The van der Waals surface area contributed by atoms with E-state index in [1.807, 2.05) is 19.0 Å². The first-order chi connectivity index (χ1) is 15.2. The van der Waals surface area contributed by atoms with Gasteiger partial charge in [0.2, 0.25) is 5.06 Å². The van der Waals surface area contributed by atoms with Crippen molar-refractivity contribution in [2.45, 2.75) is 19.6 Å². The van der Waals surface area contributed by atoms with E-state index in [4.69, 9.17) is 19.9 Å². The molecular weight excluding hydrogens is 435 g/mol. The van der Waals surface area contributed by atoms with Gasteiger partial charge in [-0.3, -0.25) is 0 Å². The molecule has 2 N–H and O–H groups in total. The van der Waals surface area contributed by atoms with Crippen LogP contribution in [0.5, 0.6) is 10.8 Å². The van der Waals surface area contributed by atoms with E-state index in [0.717, 1.165) is 16.8 Å². The zero-order valence-electron chi connectivity index (χ0n) is 18.5. The Morgan fingerprint density at radius 1 is 1.28 bits per heavy atom. The molecule has 0 saturated carbocycles. The molecule has 0 fully saturated rings. The number of rotatable bonds is 8. The van der Waals surface area contributed by atoms with Crippen LogP contribution in [0.25, 0.3) is 11.1 Å². The average molecular weight is 461 g/mol. The number of carbonyl (C=O) groups excluding carboxylic acids is 1. The summed E-state index contributed by atoms with van der Waals surface area (Å²) in [4.78, 5) is 18.4. The highest BCUT2D eigenvalue weighted by Crippen LogP contribution is 2.40. The first-order valence-corrected chi connectivity index (χ1v) is 10.5. The van der Waals surface area contributed by atoms with Crippen LogP contribution >= 0.6 is 11.5 Å². The third kappa shape index (κ3) is 4.97. The molecule has 1 aromatic carbocycles. The number of pyridine rings is 1. The number of carbonyl (C=O) groups is 1. The Kier molecular flexibility index (Phi) is 7.26. The van der Waals surface area contributed by atoms with Crippen LogP contribution in [0.2, 0.25) is 0 Å². The minimum absolute atomic E-state index is 0.160. The maximum absolute atomic E-state index is 13.9. The molecule has 0 saturated heterocycles. The average Bonchev–Trinajstić information content (AvgIpc) is 3.16. The van der Waals surface area contributed by atoms with Gasteiger partial charge >= 0.3 is 5.97 Å². The van der Waals surface area contributed by atoms with Gasteiger partial charge in [0.15, 0.2) is 11.6 Å². The molecule has 0 radical (unpaired) electrons. The van der Waals surface area contributed by atoms with Gasteiger partial charge in [0, 0.05) is 35.4 Å². The Balaban J connectivity index is 1.99. The van der Waals surface area contributed by atoms with Crippen molar-refractivity contribution >= 4 is 23.3 Å². The SMILES string of the molecule is COC(=O)c1ccc(F)cc1C(C)Oc1cc(-c2c(CN(C)C)nsc2OC)cnc1N. The number of ether oxygens (including phenoxy) is 3. The van der Waals surface area contributed by atoms with Crippen LogP contribution in [0.15, 0.2) is 30.5 Å². The number of benzene rings is 1. The smallest absolute Gasteiger partial charge is 0.338 e. The molecule has 0 amide bonds. The van der Waals surface area contributed by atoms with Crippen molar-refractivity contribution in [3.05, 3.63) is 53.1 Å². The summed E-state index contributed by atoms with van der Waals surface area (Å²) >= 11 is 1.25. The molecule has 32 heavy (non-hydrogen) atoms. The topological polar surface area (TPSA) is 99.8 Å². The van der Waals surface area contributed by atoms with Gasteiger partial charge in [0.1, 0.15) is 11.9 Å². The predicted octanol–water partition coefficient (Wildman–Crippen LogP) is 3.92. The first-order valence-electron chi connectivity index (χ1n) is 9.72. The number of methoxy groups -OCH3 is 2. The molecule has 1 atom stereocenters. The predicted molar refractivity (Wildman–Crippen MR) is 120 cm³/mol. The van der Waals surface area contributed by atoms with Crippen molar-refractivity contribution < 1.29 is 23.4 Å². The van der Waals surface area contributed by atoms with Gasteiger partial charge in [-0.2, -0.15) is 4.37 Å². The Morgan fingerprint density at radius 3 is 2.69 bits per heavy atom. The number of hydrogen-bond acceptors (Lipinski definition) is 9. The highest BCUT2D eigenvalue weighted by atomic mass is 32.1. The molecule has 0 bridgehead atoms. The molecule has 0 aliphatic rings. The number of esters is 1. The van der Waals surface area contributed by atoms with Crippen molar-refractivity contribution in [2.75, 3.05) is 34.0 Å². The number of nitrogens with two attached hydrogens (primary N) is 1. The first kappa shape index (κ1) is 23.4. The van der Waals surface area contributed by atoms with Crippen LogP contribution in [0.3, 0.4) is 0 Å². The van der Waals surface area contributed by atoms with Gasteiger partial charge in [-0.05, 0) is 45.3 Å². The summed E-state index contributed by atoms with van der Waals surface area (Å²) in [6.45, 7) is 2.30. The van der Waals surface area contributed by atoms with Crippen molar-refractivity contribution in [3.63, 3.8) is 0 Å². The van der Waals surface area contributed by atoms with E-state index >= 15 is 0 Å². The van der Waals surface area contributed by atoms with Crippen LogP contribution in [-0.4, -0.2) is 48.5 Å². The van der Waals surface area contributed by atoms with Gasteiger partial charge in [0.05, 0.1) is 31.0 Å². The molecule has 170 valence electrons. The van der Waals surface area contributed by atoms with Crippen molar-refractivity contribution in [2.24, 2.45) is 0 Å². The van der Waals surface area contributed by atoms with Crippen LogP contribution in [0.1, 0.15) is 34.6 Å². The summed E-state index contributed by atoms with van der Waals surface area (Å²) in [6, 6.07) is 5.54. The van der Waals surface area contributed by atoms with E-state index in [9.17, 15) is 9.18 Å². The molecule has 10 heteroatoms. The Labute approximate surface area is 189 Å². The minimum atomic E-state index is -0.706. The molecule has 0 spiro atoms. The highest BCUT2D eigenvalue weighted by Gasteiger charge is 2.22. The maximum atomic E-state index is 13.9. The maximum Gasteiger partial charge on any atom is 0.338 e. The summed E-state index contributed by atoms with van der Waals surface area (Å²) in [5.74, 6) is -0.629. The summed E-state index contributed by atoms with van der Waals surface area (Å²) in [7, 11) is 6.74. The monoisotopic (exact) mass is 460 g/mol. The zero-order chi connectivity index (χ0) is 23.4. The second kappa shape index (κ2) is 9.92. The molecular formula is C22H25FN4O4S. The van der Waals surface area contributed by atoms with Crippen molar-refractivity contribution in [3.8, 4) is 21.9 Å². The van der Waals surface area contributed by atoms with E-state index in [-0.39, 0.29) is 11.4 Å². The Morgan fingerprint density at radius 2 is 2.03 bits per heavy atom. The van der Waals surface area contributed by atoms with Gasteiger partial charge < -0.3 is 24.8 Å². The second-order valence-electron chi connectivity index (χ2n) is 7.32. The van der Waals surface area contributed by atoms with Crippen LogP contribution in [-0.2, 0) is 11.3 Å². The third-order valence-corrected chi connectivity index (χ3v) is 5.56.